The van der Waals surface area contributed by atoms with Crippen LogP contribution in [0.25, 0.3) is 11.1 Å². The molecule has 5 N–H and O–H groups in total. The molecule has 3 aromatic rings. The number of H-pyrrole nitrogens is 1. The number of nitrogen functional groups attached to an aromatic ring is 1. The summed E-state index contributed by atoms with van der Waals surface area (Å²) in [6, 6.07) is 11.9. The number of nitrogens with one attached hydrogen (secondary N) is 1. The molecule has 0 saturated heterocycles. The molecule has 0 saturated carbocycles. The molecule has 0 aliphatic carbocycles. The number of pyridine rings is 1. The number of aromatic carboxylic acids is 2. The molecule has 0 atom stereocenters. The van der Waals surface area contributed by atoms with E-state index in [0.29, 0.717) is 5.56 Å². The molecule has 0 unspecified atom stereocenters. The number of benzene rings is 2. The van der Waals surface area contributed by atoms with Crippen LogP contribution >= 0.6 is 0 Å². The minimum absolute atomic E-state index is 0.0238. The van der Waals surface area contributed by atoms with E-state index < -0.39 is 40.3 Å². The Morgan fingerprint density at radius 1 is 1.03 bits per heavy atom. The SMILES string of the molecule is Nc1[nH]c(=O)c(C(=O)O)c(-c2cccc(COc3ccccc3F)c2)c1C(=O)O. The summed E-state index contributed by atoms with van der Waals surface area (Å²) in [5.74, 6) is -4.08. The third-order valence-electron chi connectivity index (χ3n) is 4.12. The zero-order valence-corrected chi connectivity index (χ0v) is 14.8. The first-order valence-electron chi connectivity index (χ1n) is 8.28. The van der Waals surface area contributed by atoms with Crippen molar-refractivity contribution in [2.24, 2.45) is 0 Å². The fourth-order valence-corrected chi connectivity index (χ4v) is 2.87. The van der Waals surface area contributed by atoms with E-state index in [9.17, 15) is 29.0 Å². The van der Waals surface area contributed by atoms with E-state index in [1.165, 1.54) is 36.4 Å². The van der Waals surface area contributed by atoms with Crippen molar-refractivity contribution in [3.8, 4) is 16.9 Å². The molecule has 0 amide bonds. The largest absolute Gasteiger partial charge is 0.486 e. The summed E-state index contributed by atoms with van der Waals surface area (Å²) in [7, 11) is 0. The number of aromatic nitrogens is 1. The van der Waals surface area contributed by atoms with Crippen molar-refractivity contribution in [3.05, 3.63) is 81.4 Å². The van der Waals surface area contributed by atoms with Crippen LogP contribution in [0.2, 0.25) is 0 Å². The fraction of sp³-hybridized carbons (Fsp3) is 0.0500. The van der Waals surface area contributed by atoms with Gasteiger partial charge in [-0.05, 0) is 29.3 Å². The lowest BCUT2D eigenvalue weighted by Gasteiger charge is -2.13. The molecule has 0 aliphatic rings. The smallest absolute Gasteiger partial charge is 0.342 e. The standard InChI is InChI=1S/C20H15FN2O6/c21-12-6-1-2-7-13(12)29-9-10-4-3-5-11(8-10)14-15(19(25)26)17(22)23-18(24)16(14)20(27)28/h1-8H,9H2,(H,25,26)(H,27,28)(H3,22,23,24). The average molecular weight is 398 g/mol. The molecule has 3 rings (SSSR count). The Morgan fingerprint density at radius 3 is 2.38 bits per heavy atom. The molecule has 0 fully saturated rings. The highest BCUT2D eigenvalue weighted by molar-refractivity contribution is 6.07. The second-order valence-electron chi connectivity index (χ2n) is 6.02. The lowest BCUT2D eigenvalue weighted by molar-refractivity contribution is 0.0695. The number of carboxylic acid groups (broad SMARTS) is 2. The molecule has 29 heavy (non-hydrogen) atoms. The van der Waals surface area contributed by atoms with Gasteiger partial charge < -0.3 is 25.7 Å². The van der Waals surface area contributed by atoms with Crippen LogP contribution < -0.4 is 16.0 Å². The highest BCUT2D eigenvalue weighted by atomic mass is 19.1. The maximum absolute atomic E-state index is 13.7. The Bertz CT molecular complexity index is 1170. The maximum atomic E-state index is 13.7. The van der Waals surface area contributed by atoms with Crippen LogP contribution in [0.1, 0.15) is 26.3 Å². The second-order valence-corrected chi connectivity index (χ2v) is 6.02. The van der Waals surface area contributed by atoms with Gasteiger partial charge in [0.25, 0.3) is 5.56 Å². The van der Waals surface area contributed by atoms with Gasteiger partial charge in [-0.3, -0.25) is 4.79 Å². The number of carbonyl (C=O) groups is 2. The molecule has 0 spiro atoms. The van der Waals surface area contributed by atoms with Crippen LogP contribution in [0.4, 0.5) is 10.2 Å². The molecular formula is C20H15FN2O6. The lowest BCUT2D eigenvalue weighted by Crippen LogP contribution is -2.24. The van der Waals surface area contributed by atoms with Gasteiger partial charge in [0.15, 0.2) is 11.6 Å². The van der Waals surface area contributed by atoms with E-state index in [1.54, 1.807) is 12.1 Å². The van der Waals surface area contributed by atoms with E-state index in [2.05, 4.69) is 0 Å². The van der Waals surface area contributed by atoms with E-state index in [1.807, 2.05) is 4.98 Å². The van der Waals surface area contributed by atoms with E-state index in [0.717, 1.165) is 0 Å². The average Bonchev–Trinajstić information content (AvgIpc) is 2.66. The summed E-state index contributed by atoms with van der Waals surface area (Å²) < 4.78 is 19.1. The quantitative estimate of drug-likeness (QED) is 0.500. The second kappa shape index (κ2) is 7.85. The molecule has 1 heterocycles. The van der Waals surface area contributed by atoms with Crippen molar-refractivity contribution in [2.45, 2.75) is 6.61 Å². The van der Waals surface area contributed by atoms with Crippen molar-refractivity contribution in [3.63, 3.8) is 0 Å². The summed E-state index contributed by atoms with van der Waals surface area (Å²) in [6.45, 7) is -0.0712. The van der Waals surface area contributed by atoms with Crippen LogP contribution in [-0.2, 0) is 6.61 Å². The summed E-state index contributed by atoms with van der Waals surface area (Å²) in [4.78, 5) is 37.4. The molecule has 0 radical (unpaired) electrons. The third-order valence-corrected chi connectivity index (χ3v) is 4.12. The van der Waals surface area contributed by atoms with Crippen LogP contribution in [0.15, 0.2) is 53.3 Å². The fourth-order valence-electron chi connectivity index (χ4n) is 2.87. The van der Waals surface area contributed by atoms with Gasteiger partial charge in [0.2, 0.25) is 0 Å². The molecular weight excluding hydrogens is 383 g/mol. The van der Waals surface area contributed by atoms with Gasteiger partial charge in [-0.2, -0.15) is 0 Å². The van der Waals surface area contributed by atoms with Crippen molar-refractivity contribution >= 4 is 17.8 Å². The van der Waals surface area contributed by atoms with Crippen LogP contribution in [-0.4, -0.2) is 27.1 Å². The van der Waals surface area contributed by atoms with Gasteiger partial charge in [0.1, 0.15) is 23.6 Å². The number of hydrogen-bond donors (Lipinski definition) is 4. The zero-order chi connectivity index (χ0) is 21.1. The first-order chi connectivity index (χ1) is 13.8. The number of hydrogen-bond acceptors (Lipinski definition) is 5. The Kier molecular flexibility index (Phi) is 5.31. The Morgan fingerprint density at radius 2 is 1.72 bits per heavy atom. The lowest BCUT2D eigenvalue weighted by atomic mass is 9.94. The van der Waals surface area contributed by atoms with Crippen molar-refractivity contribution in [1.29, 1.82) is 0 Å². The topological polar surface area (TPSA) is 143 Å². The maximum Gasteiger partial charge on any atom is 0.342 e. The minimum Gasteiger partial charge on any atom is -0.486 e. The highest BCUT2D eigenvalue weighted by Gasteiger charge is 2.26. The molecule has 0 bridgehead atoms. The summed E-state index contributed by atoms with van der Waals surface area (Å²) in [5, 5.41) is 18.9. The molecule has 0 aliphatic heterocycles. The highest BCUT2D eigenvalue weighted by Crippen LogP contribution is 2.30. The third kappa shape index (κ3) is 3.93. The summed E-state index contributed by atoms with van der Waals surface area (Å²) in [6.07, 6.45) is 0. The molecule has 148 valence electrons. The van der Waals surface area contributed by atoms with Gasteiger partial charge >= 0.3 is 11.9 Å². The van der Waals surface area contributed by atoms with E-state index in [4.69, 9.17) is 10.5 Å². The van der Waals surface area contributed by atoms with Crippen molar-refractivity contribution in [1.82, 2.24) is 4.98 Å². The Labute approximate surface area is 163 Å². The first-order valence-corrected chi connectivity index (χ1v) is 8.28. The normalized spacial score (nSPS) is 10.5. The number of anilines is 1. The summed E-state index contributed by atoms with van der Waals surface area (Å²) >= 11 is 0. The Hall–Kier alpha value is -4.14. The number of carboxylic acids is 2. The molecule has 1 aromatic heterocycles. The van der Waals surface area contributed by atoms with Gasteiger partial charge in [-0.1, -0.05) is 30.3 Å². The number of aromatic amines is 1. The Balaban J connectivity index is 2.09. The number of ether oxygens (including phenoxy) is 1. The molecule has 2 aromatic carbocycles. The summed E-state index contributed by atoms with van der Waals surface area (Å²) in [5.41, 5.74) is 3.64. The van der Waals surface area contributed by atoms with Crippen LogP contribution in [0.3, 0.4) is 0 Å². The van der Waals surface area contributed by atoms with Gasteiger partial charge in [0, 0.05) is 5.56 Å². The van der Waals surface area contributed by atoms with E-state index >= 15 is 0 Å². The molecule has 9 heteroatoms. The van der Waals surface area contributed by atoms with Crippen molar-refractivity contribution < 1.29 is 28.9 Å². The van der Waals surface area contributed by atoms with E-state index in [-0.39, 0.29) is 23.5 Å². The number of rotatable bonds is 6. The first kappa shape index (κ1) is 19.6. The predicted octanol–water partition coefficient (Wildman–Crippen LogP) is 2.74. The van der Waals surface area contributed by atoms with Crippen LogP contribution in [0.5, 0.6) is 5.75 Å². The number of nitrogens with two attached hydrogens (primary N) is 1. The van der Waals surface area contributed by atoms with Gasteiger partial charge in [-0.15, -0.1) is 0 Å². The number of halogens is 1. The van der Waals surface area contributed by atoms with Gasteiger partial charge in [0.05, 0.1) is 0 Å². The number of para-hydroxylation sites is 1. The molecule has 8 nitrogen and oxygen atoms in total. The monoisotopic (exact) mass is 398 g/mol. The van der Waals surface area contributed by atoms with Gasteiger partial charge in [-0.25, -0.2) is 14.0 Å². The predicted molar refractivity (Wildman–Crippen MR) is 102 cm³/mol. The van der Waals surface area contributed by atoms with Crippen LogP contribution in [0, 0.1) is 5.82 Å². The minimum atomic E-state index is -1.60. The zero-order valence-electron chi connectivity index (χ0n) is 14.8. The van der Waals surface area contributed by atoms with Crippen molar-refractivity contribution in [2.75, 3.05) is 5.73 Å².